The van der Waals surface area contributed by atoms with Crippen LogP contribution in [0.15, 0.2) is 60.5 Å². The Bertz CT molecular complexity index is 1220. The Labute approximate surface area is 171 Å². The van der Waals surface area contributed by atoms with Crippen LogP contribution in [-0.2, 0) is 6.54 Å². The fraction of sp³-hybridized carbons (Fsp3) is 0.182. The summed E-state index contributed by atoms with van der Waals surface area (Å²) >= 11 is 1.71. The zero-order chi connectivity index (χ0) is 20.0. The molecule has 0 aliphatic carbocycles. The summed E-state index contributed by atoms with van der Waals surface area (Å²) in [5.74, 6) is 0.0410. The number of rotatable bonds is 3. The predicted octanol–water partition coefficient (Wildman–Crippen LogP) is 4.19. The van der Waals surface area contributed by atoms with Gasteiger partial charge in [0.15, 0.2) is 0 Å². The third kappa shape index (κ3) is 2.93. The van der Waals surface area contributed by atoms with Gasteiger partial charge in [0, 0.05) is 23.1 Å². The largest absolute Gasteiger partial charge is 0.252 e. The molecule has 0 fully saturated rings. The molecule has 2 aromatic heterocycles. The first-order valence-electron chi connectivity index (χ1n) is 9.32. The molecule has 4 aromatic rings. The summed E-state index contributed by atoms with van der Waals surface area (Å²) in [6.07, 6.45) is 3.22. The van der Waals surface area contributed by atoms with E-state index in [4.69, 9.17) is 5.26 Å². The van der Waals surface area contributed by atoms with Crippen LogP contribution < -0.4 is 4.57 Å². The molecular formula is C22H17FN5S+. The summed E-state index contributed by atoms with van der Waals surface area (Å²) in [5, 5.41) is 16.7. The van der Waals surface area contributed by atoms with Gasteiger partial charge in [-0.25, -0.2) is 9.37 Å². The second-order valence-electron chi connectivity index (χ2n) is 7.20. The highest BCUT2D eigenvalue weighted by molar-refractivity contribution is 7.09. The van der Waals surface area contributed by atoms with Gasteiger partial charge in [-0.2, -0.15) is 10.4 Å². The van der Waals surface area contributed by atoms with Crippen molar-refractivity contribution in [1.29, 1.82) is 5.26 Å². The molecule has 5 rings (SSSR count). The van der Waals surface area contributed by atoms with Crippen molar-refractivity contribution in [2.24, 2.45) is 0 Å². The topological polar surface area (TPSA) is 58.4 Å². The molecule has 2 atom stereocenters. The Balaban J connectivity index is 1.66. The maximum absolute atomic E-state index is 14.2. The van der Waals surface area contributed by atoms with E-state index in [1.807, 2.05) is 30.3 Å². The minimum absolute atomic E-state index is 0.0925. The predicted molar refractivity (Wildman–Crippen MR) is 107 cm³/mol. The zero-order valence-corrected chi connectivity index (χ0v) is 16.5. The summed E-state index contributed by atoms with van der Waals surface area (Å²) in [5.41, 5.74) is 4.67. The number of thiazole rings is 1. The van der Waals surface area contributed by atoms with E-state index in [1.165, 1.54) is 17.4 Å². The first-order valence-corrected chi connectivity index (χ1v) is 10.2. The van der Waals surface area contributed by atoms with Gasteiger partial charge in [-0.1, -0.05) is 18.3 Å². The summed E-state index contributed by atoms with van der Waals surface area (Å²) in [6.45, 7) is 2.82. The molecule has 0 N–H and O–H groups in total. The van der Waals surface area contributed by atoms with Gasteiger partial charge < -0.3 is 0 Å². The van der Waals surface area contributed by atoms with Gasteiger partial charge in [0.25, 0.3) is 0 Å². The van der Waals surface area contributed by atoms with Crippen LogP contribution >= 0.6 is 11.3 Å². The van der Waals surface area contributed by atoms with Crippen LogP contribution in [0.1, 0.15) is 34.9 Å². The number of hydrogen-bond donors (Lipinski definition) is 0. The van der Waals surface area contributed by atoms with E-state index in [2.05, 4.69) is 33.0 Å². The Morgan fingerprint density at radius 1 is 1.24 bits per heavy atom. The summed E-state index contributed by atoms with van der Waals surface area (Å²) in [7, 11) is 0. The Morgan fingerprint density at radius 2 is 2.07 bits per heavy atom. The number of nitrogens with zero attached hydrogens (tertiary/aromatic N) is 5. The monoisotopic (exact) mass is 402 g/mol. The highest BCUT2D eigenvalue weighted by Crippen LogP contribution is 2.42. The van der Waals surface area contributed by atoms with E-state index < -0.39 is 0 Å². The molecule has 2 aromatic carbocycles. The van der Waals surface area contributed by atoms with Crippen molar-refractivity contribution in [3.63, 3.8) is 0 Å². The minimum atomic E-state index is -0.237. The van der Waals surface area contributed by atoms with Crippen molar-refractivity contribution in [3.05, 3.63) is 82.5 Å². The molecule has 0 spiro atoms. The molecule has 7 heteroatoms. The second-order valence-corrected chi connectivity index (χ2v) is 8.09. The molecule has 1 aliphatic rings. The van der Waals surface area contributed by atoms with E-state index in [0.717, 1.165) is 22.5 Å². The molecule has 0 bridgehead atoms. The summed E-state index contributed by atoms with van der Waals surface area (Å²) in [4.78, 5) is 4.04. The van der Waals surface area contributed by atoms with Gasteiger partial charge in [-0.3, -0.25) is 4.68 Å². The van der Waals surface area contributed by atoms with Gasteiger partial charge in [0.2, 0.25) is 16.4 Å². The van der Waals surface area contributed by atoms with E-state index in [0.29, 0.717) is 12.1 Å². The average molecular weight is 402 g/mol. The lowest BCUT2D eigenvalue weighted by molar-refractivity contribution is -0.592. The molecule has 0 radical (unpaired) electrons. The normalized spacial score (nSPS) is 17.4. The number of hydrogen-bond acceptors (Lipinski definition) is 4. The van der Waals surface area contributed by atoms with Gasteiger partial charge in [-0.15, -0.1) is 4.57 Å². The quantitative estimate of drug-likeness (QED) is 0.483. The van der Waals surface area contributed by atoms with Crippen molar-refractivity contribution < 1.29 is 8.96 Å². The third-order valence-electron chi connectivity index (χ3n) is 5.54. The van der Waals surface area contributed by atoms with Gasteiger partial charge >= 0.3 is 0 Å². The molecule has 0 amide bonds. The van der Waals surface area contributed by atoms with Crippen LogP contribution in [0.5, 0.6) is 0 Å². The highest BCUT2D eigenvalue weighted by Gasteiger charge is 2.41. The maximum atomic E-state index is 14.2. The van der Waals surface area contributed by atoms with Gasteiger partial charge in [-0.05, 0) is 36.4 Å². The lowest BCUT2D eigenvalue weighted by atomic mass is 9.83. The lowest BCUT2D eigenvalue weighted by Crippen LogP contribution is -2.43. The number of halogens is 1. The minimum Gasteiger partial charge on any atom is -0.252 e. The molecule has 5 nitrogen and oxygen atoms in total. The van der Waals surface area contributed by atoms with Crippen molar-refractivity contribution in [2.45, 2.75) is 25.3 Å². The van der Waals surface area contributed by atoms with Crippen LogP contribution in [0.3, 0.4) is 0 Å². The Kier molecular flexibility index (Phi) is 4.22. The van der Waals surface area contributed by atoms with E-state index >= 15 is 0 Å². The van der Waals surface area contributed by atoms with Crippen LogP contribution in [0.2, 0.25) is 0 Å². The summed E-state index contributed by atoms with van der Waals surface area (Å²) < 4.78 is 18.2. The molecule has 1 aliphatic heterocycles. The van der Waals surface area contributed by atoms with Crippen molar-refractivity contribution in [3.8, 4) is 23.0 Å². The number of fused-ring (bicyclic) bond motifs is 3. The highest BCUT2D eigenvalue weighted by atomic mass is 32.1. The first kappa shape index (κ1) is 17.7. The molecule has 0 saturated carbocycles. The Morgan fingerprint density at radius 3 is 2.79 bits per heavy atom. The average Bonchev–Trinajstić information content (AvgIpc) is 3.41. The number of benzene rings is 2. The van der Waals surface area contributed by atoms with E-state index in [9.17, 15) is 4.39 Å². The van der Waals surface area contributed by atoms with E-state index in [1.54, 1.807) is 28.4 Å². The third-order valence-corrected chi connectivity index (χ3v) is 6.67. The van der Waals surface area contributed by atoms with Crippen molar-refractivity contribution >= 4 is 11.3 Å². The Hall–Kier alpha value is -3.37. The number of nitriles is 1. The van der Waals surface area contributed by atoms with Crippen molar-refractivity contribution in [2.75, 3.05) is 0 Å². The molecular weight excluding hydrogens is 385 g/mol. The zero-order valence-electron chi connectivity index (χ0n) is 15.7. The smallest absolute Gasteiger partial charge is 0.247 e. The SMILES string of the molecule is CC1c2scc(-c3ccc(C#N)cc3)[n+]2-c2ccc(F)cc2C1Cn1cncn1. The van der Waals surface area contributed by atoms with Crippen LogP contribution in [0, 0.1) is 17.1 Å². The van der Waals surface area contributed by atoms with Crippen molar-refractivity contribution in [1.82, 2.24) is 14.8 Å². The number of aromatic nitrogens is 4. The first-order chi connectivity index (χ1) is 14.2. The fourth-order valence-corrected chi connectivity index (χ4v) is 5.22. The lowest BCUT2D eigenvalue weighted by Gasteiger charge is -2.26. The fourth-order valence-electron chi connectivity index (χ4n) is 4.06. The molecule has 29 heavy (non-hydrogen) atoms. The molecule has 0 saturated heterocycles. The standard InChI is InChI=1S/C22H17FN5S/c1-14-19(10-27-13-25-12-26-27)18-8-17(23)6-7-20(18)28-21(11-29-22(14)28)16-4-2-15(9-24)3-5-16/h2-8,11-14,19H,10H2,1H3/q+1. The van der Waals surface area contributed by atoms with Gasteiger partial charge in [0.05, 0.1) is 29.5 Å². The molecule has 3 heterocycles. The maximum Gasteiger partial charge on any atom is 0.247 e. The molecule has 142 valence electrons. The van der Waals surface area contributed by atoms with Crippen LogP contribution in [0.4, 0.5) is 4.39 Å². The van der Waals surface area contributed by atoms with Gasteiger partial charge in [0.1, 0.15) is 18.5 Å². The second kappa shape index (κ2) is 6.90. The van der Waals surface area contributed by atoms with Crippen LogP contribution in [-0.4, -0.2) is 14.8 Å². The van der Waals surface area contributed by atoms with Crippen LogP contribution in [0.25, 0.3) is 16.9 Å². The molecule has 2 unspecified atom stereocenters. The summed E-state index contributed by atoms with van der Waals surface area (Å²) in [6, 6.07) is 14.7. The van der Waals surface area contributed by atoms with E-state index in [-0.39, 0.29) is 17.7 Å².